The molecule has 0 bridgehead atoms. The molecule has 0 heterocycles. The summed E-state index contributed by atoms with van der Waals surface area (Å²) < 4.78 is 4.71. The van der Waals surface area contributed by atoms with E-state index in [9.17, 15) is 0 Å². The van der Waals surface area contributed by atoms with Crippen molar-refractivity contribution < 1.29 is 8.91 Å². The third kappa shape index (κ3) is 5.83. The minimum Gasteiger partial charge on any atom is -0.568 e. The van der Waals surface area contributed by atoms with Crippen LogP contribution in [0.3, 0.4) is 0 Å². The molecular formula is C2H9NO2Si2. The summed E-state index contributed by atoms with van der Waals surface area (Å²) in [6.45, 7) is 3.85. The summed E-state index contributed by atoms with van der Waals surface area (Å²) in [5.74, 6) is 0. The summed E-state index contributed by atoms with van der Waals surface area (Å²) in [4.78, 5) is 8.30. The van der Waals surface area contributed by atoms with Crippen LogP contribution in [0, 0.1) is 5.05 Å². The molecule has 0 fully saturated rings. The number of hydrogen-bond donors (Lipinski definition) is 2. The van der Waals surface area contributed by atoms with Gasteiger partial charge < -0.3 is 8.91 Å². The fraction of sp³-hybridized carbons (Fsp3) is 1.00. The molecular weight excluding hydrogens is 126 g/mol. The van der Waals surface area contributed by atoms with Crippen molar-refractivity contribution in [1.29, 1.82) is 5.05 Å². The van der Waals surface area contributed by atoms with E-state index in [2.05, 4.69) is 0 Å². The predicted octanol–water partition coefficient (Wildman–Crippen LogP) is -0.189. The van der Waals surface area contributed by atoms with E-state index in [-0.39, 0.29) is 0 Å². The molecule has 2 N–H and O–H groups in total. The predicted molar refractivity (Wildman–Crippen MR) is 30.7 cm³/mol. The smallest absolute Gasteiger partial charge is 0.568 e. The maximum atomic E-state index is 8.30. The van der Waals surface area contributed by atoms with Crippen molar-refractivity contribution in [1.82, 2.24) is 0 Å². The molecule has 0 atom stereocenters. The SMILES string of the molecule is C[SiH](C)O[Si](=N)O. The Morgan fingerprint density at radius 2 is 2.14 bits per heavy atom. The maximum Gasteiger partial charge on any atom is 0.592 e. The van der Waals surface area contributed by atoms with Crippen molar-refractivity contribution in [3.05, 3.63) is 0 Å². The Labute approximate surface area is 46.0 Å². The van der Waals surface area contributed by atoms with Gasteiger partial charge in [-0.15, -0.1) is 0 Å². The first-order chi connectivity index (χ1) is 3.13. The molecule has 0 radical (unpaired) electrons. The van der Waals surface area contributed by atoms with E-state index in [0.29, 0.717) is 0 Å². The van der Waals surface area contributed by atoms with Crippen molar-refractivity contribution in [2.75, 3.05) is 0 Å². The van der Waals surface area contributed by atoms with Gasteiger partial charge in [0.1, 0.15) is 0 Å². The molecule has 0 spiro atoms. The summed E-state index contributed by atoms with van der Waals surface area (Å²) in [7, 11) is -3.24. The van der Waals surface area contributed by atoms with Crippen LogP contribution in [0.2, 0.25) is 13.1 Å². The van der Waals surface area contributed by atoms with E-state index in [0.717, 1.165) is 0 Å². The van der Waals surface area contributed by atoms with Gasteiger partial charge in [-0.2, -0.15) is 0 Å². The van der Waals surface area contributed by atoms with E-state index in [1.54, 1.807) is 0 Å². The van der Waals surface area contributed by atoms with Crippen LogP contribution in [-0.2, 0) is 4.12 Å². The van der Waals surface area contributed by atoms with Crippen LogP contribution in [0.4, 0.5) is 0 Å². The van der Waals surface area contributed by atoms with Crippen LogP contribution in [0.15, 0.2) is 0 Å². The first-order valence-corrected chi connectivity index (χ1v) is 6.20. The maximum absolute atomic E-state index is 8.30. The molecule has 3 nitrogen and oxygen atoms in total. The van der Waals surface area contributed by atoms with Crippen molar-refractivity contribution in [3.8, 4) is 0 Å². The molecule has 0 aromatic heterocycles. The van der Waals surface area contributed by atoms with E-state index in [4.69, 9.17) is 14.0 Å². The fourth-order valence-electron chi connectivity index (χ4n) is 0.223. The summed E-state index contributed by atoms with van der Waals surface area (Å²) in [6, 6.07) is 0. The van der Waals surface area contributed by atoms with Gasteiger partial charge in [0.05, 0.1) is 0 Å². The van der Waals surface area contributed by atoms with Crippen LogP contribution < -0.4 is 0 Å². The van der Waals surface area contributed by atoms with Gasteiger partial charge in [-0.25, -0.2) is 0 Å². The molecule has 42 valence electrons. The standard InChI is InChI=1S/C2H9NO2Si2/c1-6(2)5-7(3)4/h3-4,6H,1-2H3. The molecule has 7 heavy (non-hydrogen) atoms. The van der Waals surface area contributed by atoms with Gasteiger partial charge in [-0.1, -0.05) is 0 Å². The van der Waals surface area contributed by atoms with Gasteiger partial charge >= 0.3 is 9.08 Å². The third-order valence-electron chi connectivity index (χ3n) is 0.347. The highest BCUT2D eigenvalue weighted by atomic mass is 28.4. The zero-order valence-electron chi connectivity index (χ0n) is 4.43. The number of rotatable bonds is 2. The quantitative estimate of drug-likeness (QED) is 0.516. The second-order valence-electron chi connectivity index (χ2n) is 1.47. The summed E-state index contributed by atoms with van der Waals surface area (Å²) in [5.41, 5.74) is 0. The minimum atomic E-state index is -2.12. The zero-order valence-corrected chi connectivity index (χ0v) is 6.59. The molecule has 0 aromatic rings. The van der Waals surface area contributed by atoms with Crippen molar-refractivity contribution >= 4 is 18.1 Å². The monoisotopic (exact) mass is 135 g/mol. The summed E-state index contributed by atoms with van der Waals surface area (Å²) in [6.07, 6.45) is 0. The first-order valence-electron chi connectivity index (χ1n) is 2.07. The molecule has 0 aliphatic carbocycles. The lowest BCUT2D eigenvalue weighted by molar-refractivity contribution is 0.437. The van der Waals surface area contributed by atoms with Gasteiger partial charge in [-0.05, 0) is 13.1 Å². The van der Waals surface area contributed by atoms with Gasteiger partial charge in [0, 0.05) is 0 Å². The second kappa shape index (κ2) is 2.92. The first kappa shape index (κ1) is 6.83. The molecule has 5 heteroatoms. The number of hydrogen-bond acceptors (Lipinski definition) is 2. The largest absolute Gasteiger partial charge is 0.592 e. The average molecular weight is 135 g/mol. The topological polar surface area (TPSA) is 53.3 Å². The van der Waals surface area contributed by atoms with Crippen LogP contribution in [0.25, 0.3) is 0 Å². The van der Waals surface area contributed by atoms with Crippen LogP contribution in [0.1, 0.15) is 0 Å². The van der Waals surface area contributed by atoms with Crippen LogP contribution >= 0.6 is 0 Å². The van der Waals surface area contributed by atoms with E-state index in [1.807, 2.05) is 13.1 Å². The highest BCUT2D eigenvalue weighted by Gasteiger charge is 1.99. The van der Waals surface area contributed by atoms with E-state index in [1.165, 1.54) is 0 Å². The lowest BCUT2D eigenvalue weighted by Crippen LogP contribution is -2.15. The number of nitrogens with one attached hydrogen (secondary N) is 1. The van der Waals surface area contributed by atoms with Gasteiger partial charge in [0.25, 0.3) is 0 Å². The molecule has 0 amide bonds. The molecule has 0 aromatic carbocycles. The molecule has 0 unspecified atom stereocenters. The summed E-state index contributed by atoms with van der Waals surface area (Å²) in [5, 5.41) is 6.58. The molecule has 0 rings (SSSR count). The Morgan fingerprint density at radius 1 is 1.71 bits per heavy atom. The van der Waals surface area contributed by atoms with E-state index < -0.39 is 18.1 Å². The molecule has 0 saturated carbocycles. The second-order valence-corrected chi connectivity index (χ2v) is 5.12. The molecule has 0 aliphatic heterocycles. The Hall–Kier alpha value is -0.166. The Morgan fingerprint density at radius 3 is 2.14 bits per heavy atom. The van der Waals surface area contributed by atoms with Crippen molar-refractivity contribution in [3.63, 3.8) is 0 Å². The zero-order chi connectivity index (χ0) is 5.86. The highest BCUT2D eigenvalue weighted by Crippen LogP contribution is 1.78. The summed E-state index contributed by atoms with van der Waals surface area (Å²) >= 11 is 0. The minimum absolute atomic E-state index is 1.12. The Balaban J connectivity index is 3.13. The highest BCUT2D eigenvalue weighted by molar-refractivity contribution is 6.56. The lowest BCUT2D eigenvalue weighted by atomic mass is 11.9. The van der Waals surface area contributed by atoms with Crippen molar-refractivity contribution in [2.45, 2.75) is 13.1 Å². The van der Waals surface area contributed by atoms with E-state index >= 15 is 0 Å². The molecule has 0 aliphatic rings. The third-order valence-corrected chi connectivity index (χ3v) is 3.13. The van der Waals surface area contributed by atoms with Crippen molar-refractivity contribution in [2.24, 2.45) is 0 Å². The normalized spacial score (nSPS) is 9.00. The molecule has 0 saturated heterocycles. The Kier molecular flexibility index (Phi) is 2.85. The fourth-order valence-corrected chi connectivity index (χ4v) is 2.01. The Bertz CT molecular complexity index is 74.1. The van der Waals surface area contributed by atoms with Crippen LogP contribution in [0.5, 0.6) is 0 Å². The lowest BCUT2D eigenvalue weighted by Gasteiger charge is -2.01. The van der Waals surface area contributed by atoms with Crippen LogP contribution in [-0.4, -0.2) is 22.9 Å². The van der Waals surface area contributed by atoms with Gasteiger partial charge in [-0.3, -0.25) is 5.05 Å². The average Bonchev–Trinajstić information content (AvgIpc) is 1.27. The van der Waals surface area contributed by atoms with Gasteiger partial charge in [0.2, 0.25) is 9.04 Å². The van der Waals surface area contributed by atoms with Gasteiger partial charge in [0.15, 0.2) is 0 Å².